The van der Waals surface area contributed by atoms with Gasteiger partial charge in [-0.05, 0) is 18.2 Å². The molecule has 2 rings (SSSR count). The fourth-order valence-corrected chi connectivity index (χ4v) is 2.80. The molecule has 2 aromatic rings. The largest absolute Gasteiger partial charge is 0.396 e. The van der Waals surface area contributed by atoms with Crippen molar-refractivity contribution in [1.29, 1.82) is 0 Å². The summed E-state index contributed by atoms with van der Waals surface area (Å²) in [5, 5.41) is -0.105. The van der Waals surface area contributed by atoms with Crippen molar-refractivity contribution in [2.75, 3.05) is 10.5 Å². The molecule has 0 saturated heterocycles. The van der Waals surface area contributed by atoms with Crippen LogP contribution in [0, 0.1) is 11.6 Å². The quantitative estimate of drug-likeness (QED) is 0.672. The van der Waals surface area contributed by atoms with Gasteiger partial charge in [-0.25, -0.2) is 22.2 Å². The first-order valence-corrected chi connectivity index (χ1v) is 7.05. The molecule has 0 bridgehead atoms. The smallest absolute Gasteiger partial charge is 0.264 e. The molecule has 1 aromatic carbocycles. The Morgan fingerprint density at radius 3 is 2.60 bits per heavy atom. The summed E-state index contributed by atoms with van der Waals surface area (Å²) in [4.78, 5) is 2.89. The number of nitrogens with two attached hydrogens (primary N) is 1. The van der Waals surface area contributed by atoms with Crippen molar-refractivity contribution < 1.29 is 17.2 Å². The Kier molecular flexibility index (Phi) is 3.78. The van der Waals surface area contributed by atoms with Gasteiger partial charge < -0.3 is 5.73 Å². The number of nitrogen functional groups attached to an aromatic ring is 1. The maximum Gasteiger partial charge on any atom is 0.264 e. The predicted octanol–water partition coefficient (Wildman–Crippen LogP) is 2.40. The Balaban J connectivity index is 2.47. The van der Waals surface area contributed by atoms with Gasteiger partial charge in [0.25, 0.3) is 10.0 Å². The normalized spacial score (nSPS) is 11.3. The van der Waals surface area contributed by atoms with Gasteiger partial charge in [-0.1, -0.05) is 11.6 Å². The van der Waals surface area contributed by atoms with Crippen LogP contribution in [-0.2, 0) is 10.0 Å². The zero-order valence-electron chi connectivity index (χ0n) is 9.77. The lowest BCUT2D eigenvalue weighted by molar-refractivity contribution is 0.553. The van der Waals surface area contributed by atoms with Gasteiger partial charge in [0.05, 0.1) is 11.4 Å². The summed E-state index contributed by atoms with van der Waals surface area (Å²) in [6.45, 7) is 0. The Morgan fingerprint density at radius 1 is 1.25 bits per heavy atom. The number of benzene rings is 1. The summed E-state index contributed by atoms with van der Waals surface area (Å²) < 4.78 is 52.7. The minimum absolute atomic E-state index is 0.0311. The fourth-order valence-electron chi connectivity index (χ4n) is 1.41. The van der Waals surface area contributed by atoms with Crippen molar-refractivity contribution in [2.45, 2.75) is 4.90 Å². The summed E-state index contributed by atoms with van der Waals surface area (Å²) in [5.41, 5.74) is 4.72. The van der Waals surface area contributed by atoms with E-state index < -0.39 is 32.2 Å². The van der Waals surface area contributed by atoms with E-state index in [4.69, 9.17) is 17.3 Å². The van der Waals surface area contributed by atoms with Crippen molar-refractivity contribution >= 4 is 33.0 Å². The van der Waals surface area contributed by atoms with Gasteiger partial charge in [-0.15, -0.1) is 0 Å². The lowest BCUT2D eigenvalue weighted by Crippen LogP contribution is -2.16. The second kappa shape index (κ2) is 5.22. The Morgan fingerprint density at radius 2 is 1.95 bits per heavy atom. The molecule has 9 heteroatoms. The number of sulfonamides is 1. The van der Waals surface area contributed by atoms with E-state index in [-0.39, 0.29) is 10.8 Å². The van der Waals surface area contributed by atoms with E-state index in [0.717, 1.165) is 0 Å². The molecule has 0 aliphatic carbocycles. The fraction of sp³-hybridized carbons (Fsp3) is 0. The summed E-state index contributed by atoms with van der Waals surface area (Å²) in [6, 6.07) is 3.88. The highest BCUT2D eigenvalue weighted by Crippen LogP contribution is 2.25. The standard InChI is InChI=1S/C11H8ClF2N3O2S/c12-11-9(2-1-3-16-11)17-20(18,19)10-5-8(15)6(13)4-7(10)14/h1-5,17H,15H2. The number of aromatic nitrogens is 1. The first-order chi connectivity index (χ1) is 9.31. The molecule has 20 heavy (non-hydrogen) atoms. The third-order valence-electron chi connectivity index (χ3n) is 2.34. The summed E-state index contributed by atoms with van der Waals surface area (Å²) >= 11 is 5.70. The van der Waals surface area contributed by atoms with E-state index in [0.29, 0.717) is 12.1 Å². The number of rotatable bonds is 3. The van der Waals surface area contributed by atoms with Gasteiger partial charge in [0.1, 0.15) is 16.5 Å². The van der Waals surface area contributed by atoms with Crippen LogP contribution in [0.5, 0.6) is 0 Å². The number of nitrogens with zero attached hydrogens (tertiary/aromatic N) is 1. The van der Waals surface area contributed by atoms with Gasteiger partial charge in [-0.2, -0.15) is 0 Å². The third-order valence-corrected chi connectivity index (χ3v) is 4.03. The van der Waals surface area contributed by atoms with Crippen LogP contribution in [0.2, 0.25) is 5.15 Å². The van der Waals surface area contributed by atoms with E-state index in [1.54, 1.807) is 0 Å². The average molecular weight is 320 g/mol. The highest BCUT2D eigenvalue weighted by atomic mass is 35.5. The number of hydrogen-bond donors (Lipinski definition) is 2. The maximum atomic E-state index is 13.6. The molecule has 0 aliphatic heterocycles. The number of nitrogens with one attached hydrogen (secondary N) is 1. The Hall–Kier alpha value is -1.93. The van der Waals surface area contributed by atoms with E-state index in [2.05, 4.69) is 9.71 Å². The molecule has 0 atom stereocenters. The van der Waals surface area contributed by atoms with E-state index in [1.807, 2.05) is 0 Å². The number of anilines is 2. The van der Waals surface area contributed by atoms with Crippen LogP contribution in [0.4, 0.5) is 20.2 Å². The number of hydrogen-bond acceptors (Lipinski definition) is 4. The zero-order chi connectivity index (χ0) is 14.9. The highest BCUT2D eigenvalue weighted by molar-refractivity contribution is 7.92. The first kappa shape index (κ1) is 14.5. The molecule has 0 amide bonds. The number of pyridine rings is 1. The van der Waals surface area contributed by atoms with Crippen LogP contribution >= 0.6 is 11.6 Å². The number of halogens is 3. The van der Waals surface area contributed by atoms with Crippen LogP contribution in [0.25, 0.3) is 0 Å². The monoisotopic (exact) mass is 319 g/mol. The summed E-state index contributed by atoms with van der Waals surface area (Å²) in [6.07, 6.45) is 1.36. The summed E-state index contributed by atoms with van der Waals surface area (Å²) in [7, 11) is -4.30. The minimum atomic E-state index is -4.30. The van der Waals surface area contributed by atoms with Gasteiger partial charge in [-0.3, -0.25) is 4.72 Å². The molecule has 3 N–H and O–H groups in total. The third kappa shape index (κ3) is 2.81. The van der Waals surface area contributed by atoms with E-state index in [1.165, 1.54) is 18.3 Å². The van der Waals surface area contributed by atoms with Crippen LogP contribution < -0.4 is 10.5 Å². The molecule has 0 fully saturated rings. The van der Waals surface area contributed by atoms with Crippen LogP contribution in [0.3, 0.4) is 0 Å². The molecule has 0 saturated carbocycles. The Bertz CT molecular complexity index is 768. The molecular formula is C11H8ClF2N3O2S. The topological polar surface area (TPSA) is 85.1 Å². The van der Waals surface area contributed by atoms with Gasteiger partial charge in [0, 0.05) is 12.3 Å². The molecule has 1 heterocycles. The maximum absolute atomic E-state index is 13.6. The molecule has 0 aliphatic rings. The molecule has 106 valence electrons. The van der Waals surface area contributed by atoms with Crippen molar-refractivity contribution in [1.82, 2.24) is 4.98 Å². The molecule has 0 spiro atoms. The SMILES string of the molecule is Nc1cc(S(=O)(=O)Nc2cccnc2Cl)c(F)cc1F. The van der Waals surface area contributed by atoms with Crippen molar-refractivity contribution in [3.63, 3.8) is 0 Å². The Labute approximate surface area is 118 Å². The van der Waals surface area contributed by atoms with Gasteiger partial charge in [0.15, 0.2) is 5.15 Å². The van der Waals surface area contributed by atoms with Crippen molar-refractivity contribution in [3.05, 3.63) is 47.2 Å². The van der Waals surface area contributed by atoms with Crippen LogP contribution in [0.15, 0.2) is 35.4 Å². The first-order valence-electron chi connectivity index (χ1n) is 5.19. The zero-order valence-corrected chi connectivity index (χ0v) is 11.3. The summed E-state index contributed by atoms with van der Waals surface area (Å²) in [5.74, 6) is -2.30. The highest BCUT2D eigenvalue weighted by Gasteiger charge is 2.22. The second-order valence-corrected chi connectivity index (χ2v) is 5.76. The molecule has 0 radical (unpaired) electrons. The van der Waals surface area contributed by atoms with Gasteiger partial charge in [0.2, 0.25) is 0 Å². The van der Waals surface area contributed by atoms with Crippen LogP contribution in [-0.4, -0.2) is 13.4 Å². The van der Waals surface area contributed by atoms with Gasteiger partial charge >= 0.3 is 0 Å². The van der Waals surface area contributed by atoms with E-state index in [9.17, 15) is 17.2 Å². The molecular weight excluding hydrogens is 312 g/mol. The average Bonchev–Trinajstić information content (AvgIpc) is 2.36. The van der Waals surface area contributed by atoms with Crippen molar-refractivity contribution in [2.24, 2.45) is 0 Å². The van der Waals surface area contributed by atoms with E-state index >= 15 is 0 Å². The van der Waals surface area contributed by atoms with Crippen molar-refractivity contribution in [3.8, 4) is 0 Å². The predicted molar refractivity (Wildman–Crippen MR) is 70.8 cm³/mol. The lowest BCUT2D eigenvalue weighted by atomic mass is 10.3. The van der Waals surface area contributed by atoms with Crippen LogP contribution in [0.1, 0.15) is 0 Å². The molecule has 0 unspecified atom stereocenters. The molecule has 5 nitrogen and oxygen atoms in total. The minimum Gasteiger partial charge on any atom is -0.396 e. The lowest BCUT2D eigenvalue weighted by Gasteiger charge is -2.10. The second-order valence-electron chi connectivity index (χ2n) is 3.75. The molecule has 1 aromatic heterocycles.